The first kappa shape index (κ1) is 21.2. The molecule has 1 amide bonds. The Morgan fingerprint density at radius 2 is 1.88 bits per heavy atom. The lowest BCUT2D eigenvalue weighted by Crippen LogP contribution is -2.48. The third-order valence-corrected chi connectivity index (χ3v) is 4.77. The van der Waals surface area contributed by atoms with Crippen molar-refractivity contribution in [2.24, 2.45) is 5.41 Å². The van der Waals surface area contributed by atoms with E-state index in [0.29, 0.717) is 19.6 Å². The van der Waals surface area contributed by atoms with Crippen LogP contribution in [0.2, 0.25) is 0 Å². The molecule has 6 nitrogen and oxygen atoms in total. The van der Waals surface area contributed by atoms with Crippen molar-refractivity contribution >= 4 is 6.09 Å². The Morgan fingerprint density at radius 1 is 1.31 bits per heavy atom. The second-order valence-corrected chi connectivity index (χ2v) is 9.24. The summed E-state index contributed by atoms with van der Waals surface area (Å²) in [6, 6.07) is -0.434. The number of nitrogens with one attached hydrogen (secondary N) is 1. The first-order chi connectivity index (χ1) is 11.9. The molecule has 1 spiro atoms. The van der Waals surface area contributed by atoms with Crippen LogP contribution in [0.5, 0.6) is 0 Å². The Balaban J connectivity index is 2.05. The zero-order chi connectivity index (χ0) is 19.8. The molecule has 1 unspecified atom stereocenters. The van der Waals surface area contributed by atoms with Gasteiger partial charge in [-0.15, -0.1) is 0 Å². The molecule has 2 rings (SSSR count). The van der Waals surface area contributed by atoms with Crippen molar-refractivity contribution in [1.82, 2.24) is 5.32 Å². The first-order valence-corrected chi connectivity index (χ1v) is 9.59. The van der Waals surface area contributed by atoms with Gasteiger partial charge < -0.3 is 24.6 Å². The van der Waals surface area contributed by atoms with E-state index >= 15 is 0 Å². The smallest absolute Gasteiger partial charge is 0.407 e. The van der Waals surface area contributed by atoms with Crippen LogP contribution in [-0.2, 0) is 14.2 Å². The SMILES string of the molecule is CCCC[C@H](NC(=O)OC(C)(C)C)C(O)C1=C(C)C12OCC(C)(C)CO2. The van der Waals surface area contributed by atoms with Crippen LogP contribution < -0.4 is 5.32 Å². The molecule has 1 fully saturated rings. The van der Waals surface area contributed by atoms with E-state index in [1.54, 1.807) is 0 Å². The molecule has 0 aromatic rings. The molecule has 0 radical (unpaired) electrons. The maximum atomic E-state index is 12.2. The molecule has 1 saturated heterocycles. The minimum atomic E-state index is -0.880. The number of amides is 1. The molecular formula is C20H35NO5. The van der Waals surface area contributed by atoms with Gasteiger partial charge in [-0.1, -0.05) is 33.6 Å². The lowest BCUT2D eigenvalue weighted by atomic mass is 9.95. The fraction of sp³-hybridized carbons (Fsp3) is 0.850. The standard InChI is InChI=1S/C20H35NO5/c1-8-9-10-14(21-17(23)26-18(3,4)5)16(22)15-13(2)20(15)24-11-19(6,7)12-25-20/h14,16,22H,8-12H2,1-7H3,(H,21,23)/t14-,16?/m0/s1. The van der Waals surface area contributed by atoms with Crippen LogP contribution in [0.1, 0.15) is 67.7 Å². The van der Waals surface area contributed by atoms with Crippen LogP contribution in [0, 0.1) is 5.41 Å². The molecule has 0 aromatic carbocycles. The van der Waals surface area contributed by atoms with Gasteiger partial charge in [-0.05, 0) is 39.7 Å². The molecule has 6 heteroatoms. The van der Waals surface area contributed by atoms with Crippen LogP contribution in [-0.4, -0.2) is 47.9 Å². The largest absolute Gasteiger partial charge is 0.444 e. The summed E-state index contributed by atoms with van der Waals surface area (Å²) < 4.78 is 17.3. The first-order valence-electron chi connectivity index (χ1n) is 9.59. The second kappa shape index (κ2) is 7.49. The molecule has 1 heterocycles. The number of aliphatic hydroxyl groups excluding tert-OH is 1. The van der Waals surface area contributed by atoms with Crippen LogP contribution in [0.15, 0.2) is 11.1 Å². The summed E-state index contributed by atoms with van der Waals surface area (Å²) >= 11 is 0. The molecule has 0 saturated carbocycles. The van der Waals surface area contributed by atoms with Gasteiger partial charge in [0.1, 0.15) is 11.7 Å². The summed E-state index contributed by atoms with van der Waals surface area (Å²) in [7, 11) is 0. The monoisotopic (exact) mass is 369 g/mol. The third kappa shape index (κ3) is 4.78. The summed E-state index contributed by atoms with van der Waals surface area (Å²) in [6.07, 6.45) is 1.16. The third-order valence-electron chi connectivity index (χ3n) is 4.77. The molecule has 2 aliphatic rings. The van der Waals surface area contributed by atoms with Gasteiger partial charge in [0.25, 0.3) is 0 Å². The van der Waals surface area contributed by atoms with Gasteiger partial charge in [0, 0.05) is 11.0 Å². The Hall–Kier alpha value is -1.11. The number of alkyl carbamates (subject to hydrolysis) is 1. The summed E-state index contributed by atoms with van der Waals surface area (Å²) in [5.74, 6) is -0.880. The maximum absolute atomic E-state index is 12.2. The van der Waals surface area contributed by atoms with Gasteiger partial charge in [0.15, 0.2) is 0 Å². The average molecular weight is 370 g/mol. The van der Waals surface area contributed by atoms with Crippen molar-refractivity contribution in [3.63, 3.8) is 0 Å². The highest BCUT2D eigenvalue weighted by atomic mass is 16.7. The molecule has 2 N–H and O–H groups in total. The number of unbranched alkanes of at least 4 members (excludes halogenated alkanes) is 1. The predicted octanol–water partition coefficient (Wildman–Crippen LogP) is 3.53. The minimum absolute atomic E-state index is 0.0411. The van der Waals surface area contributed by atoms with Crippen LogP contribution in [0.3, 0.4) is 0 Å². The summed E-state index contributed by atoms with van der Waals surface area (Å²) in [6.45, 7) is 14.8. The fourth-order valence-corrected chi connectivity index (χ4v) is 3.24. The molecule has 1 aliphatic carbocycles. The van der Waals surface area contributed by atoms with Crippen LogP contribution >= 0.6 is 0 Å². The quantitative estimate of drug-likeness (QED) is 0.701. The van der Waals surface area contributed by atoms with E-state index in [2.05, 4.69) is 26.1 Å². The summed E-state index contributed by atoms with van der Waals surface area (Å²) in [5, 5.41) is 13.8. The number of carbonyl (C=O) groups is 1. The van der Waals surface area contributed by atoms with E-state index in [4.69, 9.17) is 14.2 Å². The zero-order valence-electron chi connectivity index (χ0n) is 17.3. The molecule has 2 atom stereocenters. The van der Waals surface area contributed by atoms with Crippen LogP contribution in [0.4, 0.5) is 4.79 Å². The highest BCUT2D eigenvalue weighted by molar-refractivity contribution is 5.68. The number of rotatable bonds is 6. The van der Waals surface area contributed by atoms with Crippen molar-refractivity contribution in [2.45, 2.75) is 91.3 Å². The van der Waals surface area contributed by atoms with Crippen molar-refractivity contribution in [1.29, 1.82) is 0 Å². The predicted molar refractivity (Wildman–Crippen MR) is 99.8 cm³/mol. The molecule has 150 valence electrons. The molecular weight excluding hydrogens is 334 g/mol. The summed E-state index contributed by atoms with van der Waals surface area (Å²) in [5.41, 5.74) is 1.03. The van der Waals surface area contributed by atoms with Crippen molar-refractivity contribution < 1.29 is 24.1 Å². The Kier molecular flexibility index (Phi) is 6.10. The van der Waals surface area contributed by atoms with E-state index in [1.807, 2.05) is 27.7 Å². The number of aliphatic hydroxyl groups is 1. The minimum Gasteiger partial charge on any atom is -0.444 e. The number of hydrogen-bond acceptors (Lipinski definition) is 5. The van der Waals surface area contributed by atoms with E-state index in [9.17, 15) is 9.90 Å². The number of hydrogen-bond donors (Lipinski definition) is 2. The van der Waals surface area contributed by atoms with Crippen molar-refractivity contribution in [2.75, 3.05) is 13.2 Å². The van der Waals surface area contributed by atoms with Gasteiger partial charge in [0.05, 0.1) is 19.3 Å². The average Bonchev–Trinajstić information content (AvgIpc) is 3.08. The van der Waals surface area contributed by atoms with Crippen molar-refractivity contribution in [3.8, 4) is 0 Å². The fourth-order valence-electron chi connectivity index (χ4n) is 3.24. The molecule has 0 aromatic heterocycles. The normalized spacial score (nSPS) is 23.5. The highest BCUT2D eigenvalue weighted by Crippen LogP contribution is 2.53. The second-order valence-electron chi connectivity index (χ2n) is 9.24. The maximum Gasteiger partial charge on any atom is 0.407 e. The van der Waals surface area contributed by atoms with Gasteiger partial charge >= 0.3 is 6.09 Å². The Labute approximate surface area is 157 Å². The van der Waals surface area contributed by atoms with E-state index in [1.165, 1.54) is 0 Å². The van der Waals surface area contributed by atoms with Crippen LogP contribution in [0.25, 0.3) is 0 Å². The van der Waals surface area contributed by atoms with E-state index in [-0.39, 0.29) is 5.41 Å². The Bertz CT molecular complexity index is 551. The molecule has 1 aliphatic heterocycles. The number of carbonyl (C=O) groups excluding carboxylic acids is 1. The summed E-state index contributed by atoms with van der Waals surface area (Å²) in [4.78, 5) is 12.2. The van der Waals surface area contributed by atoms with Gasteiger partial charge in [0.2, 0.25) is 5.79 Å². The lowest BCUT2D eigenvalue weighted by Gasteiger charge is -2.37. The molecule has 0 bridgehead atoms. The van der Waals surface area contributed by atoms with E-state index in [0.717, 1.165) is 24.0 Å². The zero-order valence-corrected chi connectivity index (χ0v) is 17.3. The van der Waals surface area contributed by atoms with Crippen molar-refractivity contribution in [3.05, 3.63) is 11.1 Å². The highest BCUT2D eigenvalue weighted by Gasteiger charge is 2.60. The molecule has 26 heavy (non-hydrogen) atoms. The van der Waals surface area contributed by atoms with Gasteiger partial charge in [-0.2, -0.15) is 0 Å². The Morgan fingerprint density at radius 3 is 2.38 bits per heavy atom. The van der Waals surface area contributed by atoms with Gasteiger partial charge in [-0.25, -0.2) is 4.79 Å². The van der Waals surface area contributed by atoms with Gasteiger partial charge in [-0.3, -0.25) is 0 Å². The lowest BCUT2D eigenvalue weighted by molar-refractivity contribution is -0.237. The topological polar surface area (TPSA) is 77.0 Å². The van der Waals surface area contributed by atoms with E-state index < -0.39 is 29.6 Å². The number of ether oxygens (including phenoxy) is 3.